The number of halogens is 3. The van der Waals surface area contributed by atoms with Crippen LogP contribution < -0.4 is 5.32 Å². The van der Waals surface area contributed by atoms with Crippen LogP contribution in [0.2, 0.25) is 0 Å². The average Bonchev–Trinajstić information content (AvgIpc) is 2.90. The number of hydrogen-bond acceptors (Lipinski definition) is 3. The first-order valence-corrected chi connectivity index (χ1v) is 5.78. The lowest BCUT2D eigenvalue weighted by Gasteiger charge is -2.10. The predicted octanol–water partition coefficient (Wildman–Crippen LogP) is 2.55. The Bertz CT molecular complexity index is 581. The Labute approximate surface area is 112 Å². The summed E-state index contributed by atoms with van der Waals surface area (Å²) in [5, 5.41) is 10.3. The summed E-state index contributed by atoms with van der Waals surface area (Å²) in [6, 6.07) is 6.60. The molecule has 1 aromatic carbocycles. The molecule has 8 heteroatoms. The van der Waals surface area contributed by atoms with E-state index in [1.54, 1.807) is 24.3 Å². The van der Waals surface area contributed by atoms with Crippen LogP contribution in [0.5, 0.6) is 0 Å². The second-order valence-electron chi connectivity index (χ2n) is 4.00. The summed E-state index contributed by atoms with van der Waals surface area (Å²) in [5.41, 5.74) is 0.841. The third-order valence-electron chi connectivity index (χ3n) is 2.45. The van der Waals surface area contributed by atoms with Gasteiger partial charge in [-0.2, -0.15) is 23.4 Å². The molecule has 0 bridgehead atoms. The molecule has 0 atom stereocenters. The second-order valence-corrected chi connectivity index (χ2v) is 4.00. The molecule has 0 saturated heterocycles. The van der Waals surface area contributed by atoms with E-state index in [2.05, 4.69) is 15.5 Å². The maximum atomic E-state index is 12.1. The molecule has 0 unspecified atom stereocenters. The van der Waals surface area contributed by atoms with Gasteiger partial charge >= 0.3 is 6.18 Å². The average molecular weight is 284 g/mol. The minimum atomic E-state index is -4.35. The molecule has 0 aliphatic rings. The van der Waals surface area contributed by atoms with E-state index in [9.17, 15) is 18.0 Å². The van der Waals surface area contributed by atoms with Crippen LogP contribution in [0.15, 0.2) is 36.7 Å². The Balaban J connectivity index is 2.08. The molecule has 0 spiro atoms. The van der Waals surface area contributed by atoms with Crippen molar-refractivity contribution < 1.29 is 18.0 Å². The Hall–Kier alpha value is -2.38. The van der Waals surface area contributed by atoms with Crippen LogP contribution in [0.25, 0.3) is 5.69 Å². The molecule has 2 rings (SSSR count). The number of amides is 1. The third-order valence-corrected chi connectivity index (χ3v) is 2.45. The van der Waals surface area contributed by atoms with Crippen molar-refractivity contribution in [1.82, 2.24) is 15.0 Å². The standard InChI is InChI=1S/C12H11F3N4O/c13-12(14,15)6-5-11(20)18-9-3-1-2-4-10(9)19-16-7-8-17-19/h1-4,7-8H,5-6H2,(H,18,20). The minimum absolute atomic E-state index is 0.357. The number of aromatic nitrogens is 3. The van der Waals surface area contributed by atoms with Crippen molar-refractivity contribution in [2.24, 2.45) is 0 Å². The van der Waals surface area contributed by atoms with Gasteiger partial charge in [-0.15, -0.1) is 4.80 Å². The lowest BCUT2D eigenvalue weighted by molar-refractivity contribution is -0.142. The number of carbonyl (C=O) groups excluding carboxylic acids is 1. The molecule has 106 valence electrons. The van der Waals surface area contributed by atoms with Crippen molar-refractivity contribution in [3.63, 3.8) is 0 Å². The number of benzene rings is 1. The zero-order valence-corrected chi connectivity index (χ0v) is 10.3. The fourth-order valence-electron chi connectivity index (χ4n) is 1.56. The van der Waals surface area contributed by atoms with Crippen LogP contribution in [0.3, 0.4) is 0 Å². The van der Waals surface area contributed by atoms with Gasteiger partial charge in [0.1, 0.15) is 5.69 Å². The summed E-state index contributed by atoms with van der Waals surface area (Å²) in [6.07, 6.45) is -3.20. The van der Waals surface area contributed by atoms with Crippen molar-refractivity contribution in [3.05, 3.63) is 36.7 Å². The summed E-state index contributed by atoms with van der Waals surface area (Å²) >= 11 is 0. The lowest BCUT2D eigenvalue weighted by Crippen LogP contribution is -2.17. The number of hydrogen-bond donors (Lipinski definition) is 1. The maximum absolute atomic E-state index is 12.1. The van der Waals surface area contributed by atoms with Crippen molar-refractivity contribution in [2.45, 2.75) is 19.0 Å². The van der Waals surface area contributed by atoms with Crippen LogP contribution >= 0.6 is 0 Å². The highest BCUT2D eigenvalue weighted by Crippen LogP contribution is 2.23. The number of nitrogens with zero attached hydrogens (tertiary/aromatic N) is 3. The van der Waals surface area contributed by atoms with E-state index in [-0.39, 0.29) is 0 Å². The van der Waals surface area contributed by atoms with Gasteiger partial charge in [-0.1, -0.05) is 12.1 Å². The topological polar surface area (TPSA) is 59.8 Å². The van der Waals surface area contributed by atoms with E-state index in [1.807, 2.05) is 0 Å². The summed E-state index contributed by atoms with van der Waals surface area (Å²) in [7, 11) is 0. The van der Waals surface area contributed by atoms with Crippen molar-refractivity contribution in [1.29, 1.82) is 0 Å². The summed E-state index contributed by atoms with van der Waals surface area (Å²) in [5.74, 6) is -0.707. The quantitative estimate of drug-likeness (QED) is 0.938. The molecule has 2 aromatic rings. The number of carbonyl (C=O) groups is 1. The Kier molecular flexibility index (Phi) is 4.02. The summed E-state index contributed by atoms with van der Waals surface area (Å²) in [4.78, 5) is 12.8. The number of para-hydroxylation sites is 2. The largest absolute Gasteiger partial charge is 0.389 e. The molecule has 0 aliphatic carbocycles. The molecule has 0 radical (unpaired) electrons. The van der Waals surface area contributed by atoms with Crippen LogP contribution in [0, 0.1) is 0 Å². The molecule has 1 heterocycles. The molecule has 5 nitrogen and oxygen atoms in total. The molecule has 1 aromatic heterocycles. The van der Waals surface area contributed by atoms with E-state index < -0.39 is 24.9 Å². The SMILES string of the molecule is O=C(CCC(F)(F)F)Nc1ccccc1-n1nccn1. The van der Waals surface area contributed by atoms with Gasteiger partial charge in [0.25, 0.3) is 0 Å². The monoisotopic (exact) mass is 284 g/mol. The molecular formula is C12H11F3N4O. The zero-order valence-electron chi connectivity index (χ0n) is 10.3. The molecule has 1 N–H and O–H groups in total. The minimum Gasteiger partial charge on any atom is -0.324 e. The molecule has 20 heavy (non-hydrogen) atoms. The molecule has 0 saturated carbocycles. The lowest BCUT2D eigenvalue weighted by atomic mass is 10.2. The van der Waals surface area contributed by atoms with Gasteiger partial charge in [-0.25, -0.2) is 0 Å². The van der Waals surface area contributed by atoms with Gasteiger partial charge in [0.05, 0.1) is 24.5 Å². The molecule has 1 amide bonds. The van der Waals surface area contributed by atoms with Crippen LogP contribution in [-0.4, -0.2) is 27.1 Å². The van der Waals surface area contributed by atoms with Crippen molar-refractivity contribution >= 4 is 11.6 Å². The van der Waals surface area contributed by atoms with Crippen LogP contribution in [0.1, 0.15) is 12.8 Å². The predicted molar refractivity (Wildman–Crippen MR) is 65.3 cm³/mol. The van der Waals surface area contributed by atoms with E-state index in [4.69, 9.17) is 0 Å². The van der Waals surface area contributed by atoms with Gasteiger partial charge in [-0.3, -0.25) is 4.79 Å². The van der Waals surface area contributed by atoms with E-state index in [0.717, 1.165) is 0 Å². The van der Waals surface area contributed by atoms with Gasteiger partial charge < -0.3 is 5.32 Å². The van der Waals surface area contributed by atoms with Gasteiger partial charge in [0.15, 0.2) is 0 Å². The number of alkyl halides is 3. The highest BCUT2D eigenvalue weighted by molar-refractivity contribution is 5.92. The first-order chi connectivity index (χ1) is 9.46. The van der Waals surface area contributed by atoms with Gasteiger partial charge in [-0.05, 0) is 12.1 Å². The van der Waals surface area contributed by atoms with Crippen molar-refractivity contribution in [3.8, 4) is 5.69 Å². The van der Waals surface area contributed by atoms with Crippen LogP contribution in [0.4, 0.5) is 18.9 Å². The zero-order chi connectivity index (χ0) is 14.6. The highest BCUT2D eigenvalue weighted by Gasteiger charge is 2.28. The second kappa shape index (κ2) is 5.72. The highest BCUT2D eigenvalue weighted by atomic mass is 19.4. The maximum Gasteiger partial charge on any atom is 0.389 e. The van der Waals surface area contributed by atoms with Crippen LogP contribution in [-0.2, 0) is 4.79 Å². The first-order valence-electron chi connectivity index (χ1n) is 5.78. The van der Waals surface area contributed by atoms with Gasteiger partial charge in [0.2, 0.25) is 5.91 Å². The molecule has 0 aliphatic heterocycles. The third kappa shape index (κ3) is 3.81. The number of rotatable bonds is 4. The van der Waals surface area contributed by atoms with Gasteiger partial charge in [0, 0.05) is 6.42 Å². The Morgan fingerprint density at radius 3 is 2.50 bits per heavy atom. The number of nitrogens with one attached hydrogen (secondary N) is 1. The van der Waals surface area contributed by atoms with Crippen molar-refractivity contribution in [2.75, 3.05) is 5.32 Å². The Morgan fingerprint density at radius 2 is 1.85 bits per heavy atom. The first kappa shape index (κ1) is 14.0. The fraction of sp³-hybridized carbons (Fsp3) is 0.250. The van der Waals surface area contributed by atoms with E-state index in [0.29, 0.717) is 11.4 Å². The van der Waals surface area contributed by atoms with E-state index >= 15 is 0 Å². The molecule has 0 fully saturated rings. The Morgan fingerprint density at radius 1 is 1.20 bits per heavy atom. The fourth-order valence-corrected chi connectivity index (χ4v) is 1.56. The normalized spacial score (nSPS) is 11.3. The molecular weight excluding hydrogens is 273 g/mol. The summed E-state index contributed by atoms with van der Waals surface area (Å²) in [6.45, 7) is 0. The van der Waals surface area contributed by atoms with E-state index in [1.165, 1.54) is 17.2 Å². The smallest absolute Gasteiger partial charge is 0.324 e. The summed E-state index contributed by atoms with van der Waals surface area (Å²) < 4.78 is 36.2. The number of anilines is 1.